The third-order valence-corrected chi connectivity index (χ3v) is 11.1. The van der Waals surface area contributed by atoms with E-state index in [1.165, 1.54) is 18.6 Å². The molecule has 1 atom stereocenters. The van der Waals surface area contributed by atoms with Gasteiger partial charge in [-0.15, -0.1) is 0 Å². The standard InChI is InChI=1S/C38H47N7O4S.H2/c1-24-11-8-12-25(2)33(24)34-35(49-7)31-18-17-29(20-38(3,4)5)45(23-27-21-39-22-32(40-27)44(6)28-14-10-15-28)36(46)26-13-9-16-30(19-26)50(47,48)43-37(41-31)42-34;/h8-9,11-13,16,19,21-22,28-29H,10,14-15,17-18,20,23H2,1-7H3,(H,41,42,43);1H/t29-;/m0./s1. The van der Waals surface area contributed by atoms with Gasteiger partial charge in [0, 0.05) is 31.7 Å². The second kappa shape index (κ2) is 14.0. The van der Waals surface area contributed by atoms with Gasteiger partial charge in [0.15, 0.2) is 5.75 Å². The average molecular weight is 700 g/mol. The van der Waals surface area contributed by atoms with Crippen LogP contribution in [0, 0.1) is 19.3 Å². The van der Waals surface area contributed by atoms with E-state index < -0.39 is 10.0 Å². The summed E-state index contributed by atoms with van der Waals surface area (Å²) in [7, 11) is -0.552. The number of benzene rings is 2. The number of fused-ring (bicyclic) bond motifs is 4. The molecule has 4 bridgehead atoms. The molecule has 0 unspecified atom stereocenters. The molecule has 4 aromatic rings. The SMILES string of the molecule is COc1c2nc(nc1-c1c(C)cccc1C)NS(=O)(=O)c1cccc(c1)C(=O)N(Cc1cncc(N(C)C3CCC3)n1)[C@H](CC(C)(C)C)CC2.[HH]. The second-order valence-corrected chi connectivity index (χ2v) is 16.4. The summed E-state index contributed by atoms with van der Waals surface area (Å²) < 4.78 is 36.3. The fraction of sp³-hybridized carbons (Fsp3) is 0.447. The second-order valence-electron chi connectivity index (χ2n) is 14.7. The fourth-order valence-electron chi connectivity index (χ4n) is 6.95. The Morgan fingerprint density at radius 2 is 1.74 bits per heavy atom. The van der Waals surface area contributed by atoms with E-state index in [4.69, 9.17) is 19.7 Å². The van der Waals surface area contributed by atoms with Crippen molar-refractivity contribution < 1.29 is 19.4 Å². The highest BCUT2D eigenvalue weighted by Crippen LogP contribution is 2.38. The van der Waals surface area contributed by atoms with Crippen LogP contribution in [0.3, 0.4) is 0 Å². The normalized spacial score (nSPS) is 17.9. The molecule has 1 fully saturated rings. The van der Waals surface area contributed by atoms with Crippen LogP contribution in [0.4, 0.5) is 11.8 Å². The van der Waals surface area contributed by atoms with E-state index in [2.05, 4.69) is 35.4 Å². The van der Waals surface area contributed by atoms with Crippen molar-refractivity contribution in [1.29, 1.82) is 0 Å². The first-order valence-electron chi connectivity index (χ1n) is 17.2. The van der Waals surface area contributed by atoms with Gasteiger partial charge in [-0.05, 0) is 87.1 Å². The van der Waals surface area contributed by atoms with Crippen LogP contribution in [-0.4, -0.2) is 65.4 Å². The lowest BCUT2D eigenvalue weighted by Gasteiger charge is -2.37. The number of sulfonamides is 1. The van der Waals surface area contributed by atoms with E-state index in [0.29, 0.717) is 48.1 Å². The van der Waals surface area contributed by atoms with E-state index in [-0.39, 0.29) is 41.7 Å². The number of hydrogen-bond acceptors (Lipinski definition) is 9. The van der Waals surface area contributed by atoms with Gasteiger partial charge >= 0.3 is 0 Å². The molecule has 6 rings (SSSR count). The largest absolute Gasteiger partial charge is 0.493 e. The number of anilines is 2. The molecule has 11 nitrogen and oxygen atoms in total. The van der Waals surface area contributed by atoms with Crippen LogP contribution in [0.15, 0.2) is 59.8 Å². The Kier molecular flexibility index (Phi) is 9.85. The molecular formula is C38H49N7O4S. The topological polar surface area (TPSA) is 131 Å². The summed E-state index contributed by atoms with van der Waals surface area (Å²) in [6.45, 7) is 10.7. The Balaban J connectivity index is 0.00000504. The number of hydrogen-bond donors (Lipinski definition) is 1. The lowest BCUT2D eigenvalue weighted by Crippen LogP contribution is -2.42. The summed E-state index contributed by atoms with van der Waals surface area (Å²) in [5.74, 6) is 0.914. The molecule has 266 valence electrons. The molecule has 2 aliphatic rings. The molecule has 2 aromatic carbocycles. The van der Waals surface area contributed by atoms with Crippen LogP contribution in [0.5, 0.6) is 5.75 Å². The number of aromatic nitrogens is 4. The van der Waals surface area contributed by atoms with E-state index in [1.54, 1.807) is 31.6 Å². The lowest BCUT2D eigenvalue weighted by atomic mass is 9.85. The molecule has 1 amide bonds. The highest BCUT2D eigenvalue weighted by Gasteiger charge is 2.32. The van der Waals surface area contributed by atoms with Crippen LogP contribution in [0.1, 0.15) is 87.2 Å². The van der Waals surface area contributed by atoms with Gasteiger partial charge in [-0.25, -0.2) is 28.1 Å². The molecule has 2 aromatic heterocycles. The molecule has 1 saturated carbocycles. The van der Waals surface area contributed by atoms with Gasteiger partial charge in [0.25, 0.3) is 15.9 Å². The molecule has 3 heterocycles. The van der Waals surface area contributed by atoms with E-state index in [9.17, 15) is 13.2 Å². The van der Waals surface area contributed by atoms with Crippen molar-refractivity contribution in [3.8, 4) is 17.0 Å². The minimum atomic E-state index is -4.17. The molecule has 1 aliphatic heterocycles. The molecular weight excluding hydrogens is 651 g/mol. The number of aryl methyl sites for hydroxylation is 3. The summed E-state index contributed by atoms with van der Waals surface area (Å²) in [5, 5.41) is 0. The monoisotopic (exact) mass is 699 g/mol. The predicted octanol–water partition coefficient (Wildman–Crippen LogP) is 6.99. The Morgan fingerprint density at radius 3 is 2.40 bits per heavy atom. The van der Waals surface area contributed by atoms with Crippen LogP contribution >= 0.6 is 0 Å². The smallest absolute Gasteiger partial charge is 0.264 e. The molecule has 1 aliphatic carbocycles. The highest BCUT2D eigenvalue weighted by atomic mass is 32.2. The van der Waals surface area contributed by atoms with Crippen molar-refractivity contribution in [1.82, 2.24) is 24.8 Å². The quantitative estimate of drug-likeness (QED) is 0.217. The molecule has 50 heavy (non-hydrogen) atoms. The van der Waals surface area contributed by atoms with Gasteiger partial charge in [-0.2, -0.15) is 0 Å². The van der Waals surface area contributed by atoms with Crippen LogP contribution in [0.25, 0.3) is 11.3 Å². The van der Waals surface area contributed by atoms with Gasteiger partial charge in [0.2, 0.25) is 5.95 Å². The van der Waals surface area contributed by atoms with Gasteiger partial charge in [0.05, 0.1) is 42.3 Å². The molecule has 0 radical (unpaired) electrons. The zero-order valence-electron chi connectivity index (χ0n) is 30.0. The molecule has 12 heteroatoms. The van der Waals surface area contributed by atoms with Crippen molar-refractivity contribution >= 4 is 27.7 Å². The molecule has 1 N–H and O–H groups in total. The third-order valence-electron chi connectivity index (χ3n) is 9.73. The summed E-state index contributed by atoms with van der Waals surface area (Å²) in [5.41, 5.74) is 4.65. The lowest BCUT2D eigenvalue weighted by molar-refractivity contribution is 0.0592. The van der Waals surface area contributed by atoms with Crippen molar-refractivity contribution in [2.45, 2.75) is 96.7 Å². The molecule has 0 saturated heterocycles. The minimum absolute atomic E-state index is 0. The van der Waals surface area contributed by atoms with Crippen molar-refractivity contribution in [3.05, 3.63) is 82.9 Å². The Morgan fingerprint density at radius 1 is 1.02 bits per heavy atom. The number of ether oxygens (including phenoxy) is 1. The van der Waals surface area contributed by atoms with Crippen molar-refractivity contribution in [2.24, 2.45) is 5.41 Å². The Labute approximate surface area is 297 Å². The Bertz CT molecular complexity index is 1990. The summed E-state index contributed by atoms with van der Waals surface area (Å²) in [6.07, 6.45) is 8.52. The highest BCUT2D eigenvalue weighted by molar-refractivity contribution is 7.92. The maximum Gasteiger partial charge on any atom is 0.264 e. The summed E-state index contributed by atoms with van der Waals surface area (Å²) >= 11 is 0. The van der Waals surface area contributed by atoms with Crippen LogP contribution < -0.4 is 14.4 Å². The van der Waals surface area contributed by atoms with Crippen molar-refractivity contribution in [3.63, 3.8) is 0 Å². The molecule has 0 spiro atoms. The van der Waals surface area contributed by atoms with Crippen LogP contribution in [-0.2, 0) is 23.0 Å². The fourth-order valence-corrected chi connectivity index (χ4v) is 7.94. The van der Waals surface area contributed by atoms with Gasteiger partial charge in [-0.3, -0.25) is 9.78 Å². The summed E-state index contributed by atoms with van der Waals surface area (Å²) in [4.78, 5) is 37.6. The number of rotatable bonds is 7. The maximum atomic E-state index is 14.6. The average Bonchev–Trinajstić information content (AvgIpc) is 3.03. The van der Waals surface area contributed by atoms with E-state index in [0.717, 1.165) is 35.3 Å². The zero-order chi connectivity index (χ0) is 35.8. The van der Waals surface area contributed by atoms with E-state index in [1.807, 2.05) is 44.0 Å². The number of nitrogens with zero attached hydrogens (tertiary/aromatic N) is 6. The first-order valence-corrected chi connectivity index (χ1v) is 18.7. The first kappa shape index (κ1) is 35.3. The maximum absolute atomic E-state index is 14.6. The van der Waals surface area contributed by atoms with E-state index >= 15 is 0 Å². The third kappa shape index (κ3) is 7.45. The summed E-state index contributed by atoms with van der Waals surface area (Å²) in [6, 6.07) is 12.3. The number of nitrogens with one attached hydrogen (secondary N) is 1. The van der Waals surface area contributed by atoms with Gasteiger partial charge in [-0.1, -0.05) is 45.0 Å². The minimum Gasteiger partial charge on any atom is -0.493 e. The first-order chi connectivity index (χ1) is 23.7. The Hall–Kier alpha value is -4.58. The number of carbonyl (C=O) groups is 1. The number of amides is 1. The van der Waals surface area contributed by atoms with Crippen LogP contribution in [0.2, 0.25) is 0 Å². The van der Waals surface area contributed by atoms with Gasteiger partial charge in [0.1, 0.15) is 11.5 Å². The number of carbonyl (C=O) groups excluding carboxylic acids is 1. The van der Waals surface area contributed by atoms with Crippen molar-refractivity contribution in [2.75, 3.05) is 23.8 Å². The predicted molar refractivity (Wildman–Crippen MR) is 197 cm³/mol. The number of methoxy groups -OCH3 is 1. The zero-order valence-corrected chi connectivity index (χ0v) is 30.8. The van der Waals surface area contributed by atoms with Gasteiger partial charge < -0.3 is 14.5 Å².